The van der Waals surface area contributed by atoms with Gasteiger partial charge in [0.15, 0.2) is 0 Å². The van der Waals surface area contributed by atoms with Gasteiger partial charge in [0.1, 0.15) is 0 Å². The number of nitrogens with one attached hydrogen (secondary N) is 1. The van der Waals surface area contributed by atoms with Gasteiger partial charge < -0.3 is 15.1 Å². The molecule has 0 aromatic heterocycles. The van der Waals surface area contributed by atoms with Gasteiger partial charge in [-0.2, -0.15) is 0 Å². The van der Waals surface area contributed by atoms with Gasteiger partial charge in [0.25, 0.3) is 0 Å². The van der Waals surface area contributed by atoms with E-state index in [4.69, 9.17) is 0 Å². The van der Waals surface area contributed by atoms with Crippen molar-refractivity contribution in [3.8, 4) is 0 Å². The van der Waals surface area contributed by atoms with Crippen LogP contribution in [0.2, 0.25) is 0 Å². The summed E-state index contributed by atoms with van der Waals surface area (Å²) in [5, 5.41) is 3.34. The van der Waals surface area contributed by atoms with Crippen molar-refractivity contribution in [2.45, 2.75) is 13.0 Å². The zero-order valence-corrected chi connectivity index (χ0v) is 13.0. The summed E-state index contributed by atoms with van der Waals surface area (Å²) < 4.78 is 1.16. The summed E-state index contributed by atoms with van der Waals surface area (Å²) in [6, 6.07) is 6.98. The summed E-state index contributed by atoms with van der Waals surface area (Å²) in [4.78, 5) is 4.88. The molecule has 0 spiro atoms. The molecule has 3 nitrogen and oxygen atoms in total. The van der Waals surface area contributed by atoms with Gasteiger partial charge in [-0.25, -0.2) is 0 Å². The zero-order valence-electron chi connectivity index (χ0n) is 11.4. The minimum atomic E-state index is 0.382. The van der Waals surface area contributed by atoms with Crippen molar-refractivity contribution in [1.29, 1.82) is 0 Å². The van der Waals surface area contributed by atoms with Crippen LogP contribution in [0.5, 0.6) is 0 Å². The number of benzene rings is 1. The first-order chi connectivity index (χ1) is 8.61. The smallest absolute Gasteiger partial charge is 0.0426 e. The highest BCUT2D eigenvalue weighted by molar-refractivity contribution is 9.10. The Labute approximate surface area is 118 Å². The molecule has 0 radical (unpaired) electrons. The first-order valence-corrected chi connectivity index (χ1v) is 7.31. The highest BCUT2D eigenvalue weighted by Gasteiger charge is 2.19. The molecule has 2 rings (SSSR count). The molecule has 1 aliphatic rings. The van der Waals surface area contributed by atoms with E-state index in [0.29, 0.717) is 6.04 Å². The number of likely N-dealkylation sites (N-methyl/N-ethyl adjacent to an activating group) is 1. The Bertz CT molecular complexity index is 400. The summed E-state index contributed by atoms with van der Waals surface area (Å²) >= 11 is 3.59. The molecule has 0 bridgehead atoms. The van der Waals surface area contributed by atoms with Crippen molar-refractivity contribution in [3.63, 3.8) is 0 Å². The van der Waals surface area contributed by atoms with E-state index in [1.165, 1.54) is 11.3 Å². The van der Waals surface area contributed by atoms with Crippen LogP contribution in [0.4, 0.5) is 5.69 Å². The second kappa shape index (κ2) is 6.04. The van der Waals surface area contributed by atoms with Crippen LogP contribution >= 0.6 is 15.9 Å². The lowest BCUT2D eigenvalue weighted by atomic mass is 10.0. The van der Waals surface area contributed by atoms with Crippen molar-refractivity contribution >= 4 is 21.6 Å². The maximum absolute atomic E-state index is 3.59. The Balaban J connectivity index is 2.27. The molecular formula is C14H22BrN3. The van der Waals surface area contributed by atoms with Crippen molar-refractivity contribution in [1.82, 2.24) is 10.2 Å². The van der Waals surface area contributed by atoms with Gasteiger partial charge in [0, 0.05) is 42.4 Å². The first kappa shape index (κ1) is 13.8. The van der Waals surface area contributed by atoms with E-state index in [1.54, 1.807) is 0 Å². The number of hydrogen-bond acceptors (Lipinski definition) is 3. The van der Waals surface area contributed by atoms with Crippen LogP contribution < -0.4 is 10.2 Å². The molecule has 1 aliphatic heterocycles. The molecule has 1 aromatic carbocycles. The van der Waals surface area contributed by atoms with Gasteiger partial charge in [-0.1, -0.05) is 22.0 Å². The average Bonchev–Trinajstić information content (AvgIpc) is 2.38. The molecule has 100 valence electrons. The Morgan fingerprint density at radius 3 is 2.50 bits per heavy atom. The van der Waals surface area contributed by atoms with Gasteiger partial charge in [-0.05, 0) is 38.7 Å². The summed E-state index contributed by atoms with van der Waals surface area (Å²) in [5.74, 6) is 0. The minimum absolute atomic E-state index is 0.382. The molecular weight excluding hydrogens is 290 g/mol. The van der Waals surface area contributed by atoms with Crippen molar-refractivity contribution in [3.05, 3.63) is 28.2 Å². The molecule has 1 saturated heterocycles. The molecule has 1 unspecified atom stereocenters. The predicted molar refractivity (Wildman–Crippen MR) is 81.3 cm³/mol. The quantitative estimate of drug-likeness (QED) is 0.925. The summed E-state index contributed by atoms with van der Waals surface area (Å²) in [6.07, 6.45) is 0. The largest absolute Gasteiger partial charge is 0.369 e. The standard InChI is InChI=1S/C14H22BrN3/c1-11(16-2)13-5-4-12(15)10-14(13)18-8-6-17(3)7-9-18/h4-5,10-11,16H,6-9H2,1-3H3. The molecule has 1 aromatic rings. The molecule has 1 heterocycles. The Kier molecular flexibility index (Phi) is 4.65. The van der Waals surface area contributed by atoms with E-state index >= 15 is 0 Å². The molecule has 0 aliphatic carbocycles. The topological polar surface area (TPSA) is 18.5 Å². The summed E-state index contributed by atoms with van der Waals surface area (Å²) in [5.41, 5.74) is 2.74. The number of anilines is 1. The highest BCUT2D eigenvalue weighted by atomic mass is 79.9. The van der Waals surface area contributed by atoms with Crippen LogP contribution in [-0.4, -0.2) is 45.2 Å². The van der Waals surface area contributed by atoms with E-state index in [2.05, 4.69) is 63.2 Å². The maximum atomic E-state index is 3.59. The van der Waals surface area contributed by atoms with Crippen LogP contribution in [0, 0.1) is 0 Å². The summed E-state index contributed by atoms with van der Waals surface area (Å²) in [6.45, 7) is 6.70. The maximum Gasteiger partial charge on any atom is 0.0426 e. The van der Waals surface area contributed by atoms with E-state index in [9.17, 15) is 0 Å². The minimum Gasteiger partial charge on any atom is -0.369 e. The molecule has 1 fully saturated rings. The molecule has 0 saturated carbocycles. The third kappa shape index (κ3) is 3.05. The molecule has 0 amide bonds. The SMILES string of the molecule is CNC(C)c1ccc(Br)cc1N1CCN(C)CC1. The van der Waals surface area contributed by atoms with Crippen LogP contribution in [-0.2, 0) is 0 Å². The number of hydrogen-bond donors (Lipinski definition) is 1. The Morgan fingerprint density at radius 1 is 1.22 bits per heavy atom. The van der Waals surface area contributed by atoms with Crippen LogP contribution in [0.25, 0.3) is 0 Å². The van der Waals surface area contributed by atoms with Crippen LogP contribution in [0.3, 0.4) is 0 Å². The fourth-order valence-corrected chi connectivity index (χ4v) is 2.71. The Morgan fingerprint density at radius 2 is 1.89 bits per heavy atom. The predicted octanol–water partition coefficient (Wildman–Crippen LogP) is 2.48. The van der Waals surface area contributed by atoms with Gasteiger partial charge in [0.05, 0.1) is 0 Å². The second-order valence-corrected chi connectivity index (χ2v) is 5.92. The fourth-order valence-electron chi connectivity index (χ4n) is 2.36. The van der Waals surface area contributed by atoms with E-state index in [1.807, 2.05) is 7.05 Å². The number of halogens is 1. The molecule has 4 heteroatoms. The second-order valence-electron chi connectivity index (χ2n) is 5.00. The van der Waals surface area contributed by atoms with Gasteiger partial charge >= 0.3 is 0 Å². The summed E-state index contributed by atoms with van der Waals surface area (Å²) in [7, 11) is 4.20. The van der Waals surface area contributed by atoms with Crippen LogP contribution in [0.15, 0.2) is 22.7 Å². The zero-order chi connectivity index (χ0) is 13.1. The van der Waals surface area contributed by atoms with Gasteiger partial charge in [0.2, 0.25) is 0 Å². The van der Waals surface area contributed by atoms with Crippen molar-refractivity contribution < 1.29 is 0 Å². The first-order valence-electron chi connectivity index (χ1n) is 6.52. The van der Waals surface area contributed by atoms with Gasteiger partial charge in [-0.3, -0.25) is 0 Å². The third-order valence-corrected chi connectivity index (χ3v) is 4.23. The highest BCUT2D eigenvalue weighted by Crippen LogP contribution is 2.30. The number of nitrogens with zero attached hydrogens (tertiary/aromatic N) is 2. The van der Waals surface area contributed by atoms with Crippen LogP contribution in [0.1, 0.15) is 18.5 Å². The monoisotopic (exact) mass is 311 g/mol. The van der Waals surface area contributed by atoms with E-state index in [-0.39, 0.29) is 0 Å². The van der Waals surface area contributed by atoms with Gasteiger partial charge in [-0.15, -0.1) is 0 Å². The lowest BCUT2D eigenvalue weighted by Gasteiger charge is -2.36. The lowest BCUT2D eigenvalue weighted by Crippen LogP contribution is -2.45. The van der Waals surface area contributed by atoms with E-state index in [0.717, 1.165) is 30.7 Å². The normalized spacial score (nSPS) is 19.0. The third-order valence-electron chi connectivity index (χ3n) is 3.74. The van der Waals surface area contributed by atoms with Crippen molar-refractivity contribution in [2.24, 2.45) is 0 Å². The number of rotatable bonds is 3. The average molecular weight is 312 g/mol. The molecule has 1 N–H and O–H groups in total. The molecule has 1 atom stereocenters. The molecule has 18 heavy (non-hydrogen) atoms. The van der Waals surface area contributed by atoms with Crippen molar-refractivity contribution in [2.75, 3.05) is 45.2 Å². The number of piperazine rings is 1. The van der Waals surface area contributed by atoms with E-state index < -0.39 is 0 Å². The Hall–Kier alpha value is -0.580. The fraction of sp³-hybridized carbons (Fsp3) is 0.571. The lowest BCUT2D eigenvalue weighted by molar-refractivity contribution is 0.312.